The van der Waals surface area contributed by atoms with Crippen LogP contribution >= 0.6 is 34.8 Å². The second kappa shape index (κ2) is 8.63. The number of halogens is 4. The van der Waals surface area contributed by atoms with E-state index in [0.29, 0.717) is 38.3 Å². The van der Waals surface area contributed by atoms with Gasteiger partial charge in [-0.3, -0.25) is 0 Å². The molecule has 0 spiro atoms. The maximum atomic E-state index is 13.8. The highest BCUT2D eigenvalue weighted by atomic mass is 35.5. The second-order valence-corrected chi connectivity index (χ2v) is 7.96. The van der Waals surface area contributed by atoms with E-state index >= 15 is 0 Å². The Labute approximate surface area is 192 Å². The Bertz CT molecular complexity index is 1330. The Morgan fingerprint density at radius 3 is 2.32 bits per heavy atom. The van der Waals surface area contributed by atoms with E-state index in [2.05, 4.69) is 10.6 Å². The molecule has 2 amide bonds. The van der Waals surface area contributed by atoms with E-state index < -0.39 is 11.8 Å². The third-order valence-corrected chi connectivity index (χ3v) is 5.55. The van der Waals surface area contributed by atoms with Crippen molar-refractivity contribution in [2.24, 2.45) is 0 Å². The van der Waals surface area contributed by atoms with Crippen molar-refractivity contribution in [2.45, 2.75) is 0 Å². The Morgan fingerprint density at radius 2 is 1.55 bits per heavy atom. The number of carbonyl (C=O) groups is 1. The zero-order valence-corrected chi connectivity index (χ0v) is 18.0. The van der Waals surface area contributed by atoms with Crippen LogP contribution in [-0.2, 0) is 0 Å². The summed E-state index contributed by atoms with van der Waals surface area (Å²) in [5.41, 5.74) is 2.12. The smallest absolute Gasteiger partial charge is 0.323 e. The van der Waals surface area contributed by atoms with Crippen LogP contribution < -0.4 is 10.6 Å². The molecule has 4 aromatic carbocycles. The van der Waals surface area contributed by atoms with E-state index in [1.54, 1.807) is 36.4 Å². The predicted octanol–water partition coefficient (Wildman–Crippen LogP) is 7.96. The summed E-state index contributed by atoms with van der Waals surface area (Å²) in [5, 5.41) is 17.0. The molecule has 3 N–H and O–H groups in total. The van der Waals surface area contributed by atoms with Crippen LogP contribution in [0.15, 0.2) is 66.7 Å². The molecular formula is C23H14Cl3FN2O2. The Balaban J connectivity index is 1.60. The zero-order chi connectivity index (χ0) is 22.1. The lowest BCUT2D eigenvalue weighted by Crippen LogP contribution is -2.19. The molecule has 0 heterocycles. The molecule has 0 saturated carbocycles. The highest BCUT2D eigenvalue weighted by Gasteiger charge is 2.14. The first-order valence-electron chi connectivity index (χ1n) is 9.06. The molecule has 4 nitrogen and oxygen atoms in total. The van der Waals surface area contributed by atoms with Gasteiger partial charge in [-0.15, -0.1) is 0 Å². The van der Waals surface area contributed by atoms with Crippen LogP contribution in [-0.4, -0.2) is 11.1 Å². The summed E-state index contributed by atoms with van der Waals surface area (Å²) < 4.78 is 13.8. The zero-order valence-electron chi connectivity index (χ0n) is 15.7. The van der Waals surface area contributed by atoms with Crippen LogP contribution in [0.2, 0.25) is 15.1 Å². The Morgan fingerprint density at radius 1 is 0.774 bits per heavy atom. The van der Waals surface area contributed by atoms with Crippen LogP contribution in [0.25, 0.3) is 21.9 Å². The van der Waals surface area contributed by atoms with Gasteiger partial charge in [0.15, 0.2) is 0 Å². The summed E-state index contributed by atoms with van der Waals surface area (Å²) in [6.45, 7) is 0. The van der Waals surface area contributed by atoms with Gasteiger partial charge in [-0.25, -0.2) is 9.18 Å². The van der Waals surface area contributed by atoms with Gasteiger partial charge < -0.3 is 15.7 Å². The fourth-order valence-electron chi connectivity index (χ4n) is 3.19. The number of hydrogen-bond donors (Lipinski definition) is 3. The number of phenolic OH excluding ortho intramolecular Hbond substituents is 1. The molecule has 0 bridgehead atoms. The number of carbonyl (C=O) groups excluding carboxylic acids is 1. The molecule has 0 aromatic heterocycles. The highest BCUT2D eigenvalue weighted by Crippen LogP contribution is 2.38. The number of urea groups is 1. The summed E-state index contributed by atoms with van der Waals surface area (Å²) in [4.78, 5) is 12.6. The van der Waals surface area contributed by atoms with Crippen molar-refractivity contribution in [2.75, 3.05) is 10.6 Å². The molecule has 0 aliphatic heterocycles. The van der Waals surface area contributed by atoms with Crippen LogP contribution in [0.5, 0.6) is 5.75 Å². The van der Waals surface area contributed by atoms with E-state index in [4.69, 9.17) is 34.8 Å². The molecular weight excluding hydrogens is 462 g/mol. The third kappa shape index (κ3) is 4.54. The monoisotopic (exact) mass is 474 g/mol. The number of rotatable bonds is 3. The standard InChI is InChI=1S/C23H14Cl3FN2O2/c24-18-7-4-13(9-21(18)27)12-2-1-3-14(8-12)28-23(31)29-22-17-10-15(30)5-6-16(17)19(25)11-20(22)26/h1-11,30H,(H2,28,29,31). The van der Waals surface area contributed by atoms with Crippen molar-refractivity contribution < 1.29 is 14.3 Å². The quantitative estimate of drug-likeness (QED) is 0.281. The van der Waals surface area contributed by atoms with Crippen LogP contribution in [0.4, 0.5) is 20.6 Å². The number of benzene rings is 4. The Hall–Kier alpha value is -2.99. The Kier molecular flexibility index (Phi) is 5.92. The maximum Gasteiger partial charge on any atom is 0.323 e. The number of phenols is 1. The summed E-state index contributed by atoms with van der Waals surface area (Å²) in [5.74, 6) is -0.514. The fourth-order valence-corrected chi connectivity index (χ4v) is 3.90. The molecule has 156 valence electrons. The van der Waals surface area contributed by atoms with Crippen molar-refractivity contribution in [1.82, 2.24) is 0 Å². The minimum Gasteiger partial charge on any atom is -0.508 e. The first kappa shape index (κ1) is 21.2. The van der Waals surface area contributed by atoms with Gasteiger partial charge in [-0.2, -0.15) is 0 Å². The maximum absolute atomic E-state index is 13.8. The molecule has 4 aromatic rings. The van der Waals surface area contributed by atoms with Gasteiger partial charge in [-0.05, 0) is 59.7 Å². The van der Waals surface area contributed by atoms with Gasteiger partial charge in [0.1, 0.15) is 11.6 Å². The van der Waals surface area contributed by atoms with Crippen LogP contribution in [0.3, 0.4) is 0 Å². The van der Waals surface area contributed by atoms with Gasteiger partial charge in [-0.1, -0.05) is 53.0 Å². The first-order chi connectivity index (χ1) is 14.8. The van der Waals surface area contributed by atoms with E-state index in [0.717, 1.165) is 0 Å². The number of nitrogens with one attached hydrogen (secondary N) is 2. The van der Waals surface area contributed by atoms with Crippen molar-refractivity contribution in [3.8, 4) is 16.9 Å². The van der Waals surface area contributed by atoms with Crippen LogP contribution in [0.1, 0.15) is 0 Å². The molecule has 0 unspecified atom stereocenters. The average molecular weight is 476 g/mol. The van der Waals surface area contributed by atoms with Crippen molar-refractivity contribution in [3.63, 3.8) is 0 Å². The van der Waals surface area contributed by atoms with Crippen molar-refractivity contribution >= 4 is 63.0 Å². The van der Waals surface area contributed by atoms with E-state index in [-0.39, 0.29) is 15.8 Å². The lowest BCUT2D eigenvalue weighted by molar-refractivity contribution is 0.262. The minimum absolute atomic E-state index is 0.0113. The van der Waals surface area contributed by atoms with E-state index in [9.17, 15) is 14.3 Å². The average Bonchev–Trinajstić information content (AvgIpc) is 2.73. The third-order valence-electron chi connectivity index (χ3n) is 4.63. The fraction of sp³-hybridized carbons (Fsp3) is 0. The van der Waals surface area contributed by atoms with Gasteiger partial charge in [0, 0.05) is 16.5 Å². The molecule has 0 saturated heterocycles. The lowest BCUT2D eigenvalue weighted by Gasteiger charge is -2.14. The van der Waals surface area contributed by atoms with Gasteiger partial charge in [0.05, 0.1) is 20.8 Å². The first-order valence-corrected chi connectivity index (χ1v) is 10.2. The van der Waals surface area contributed by atoms with Gasteiger partial charge >= 0.3 is 6.03 Å². The molecule has 0 aliphatic carbocycles. The molecule has 0 atom stereocenters. The van der Waals surface area contributed by atoms with Gasteiger partial charge in [0.2, 0.25) is 0 Å². The number of aromatic hydroxyl groups is 1. The van der Waals surface area contributed by atoms with Crippen LogP contribution in [0, 0.1) is 5.82 Å². The van der Waals surface area contributed by atoms with Crippen molar-refractivity contribution in [3.05, 3.63) is 87.6 Å². The summed E-state index contributed by atoms with van der Waals surface area (Å²) in [7, 11) is 0. The van der Waals surface area contributed by atoms with E-state index in [1.807, 2.05) is 0 Å². The SMILES string of the molecule is O=C(Nc1cccc(-c2ccc(Cl)c(F)c2)c1)Nc1c(Cl)cc(Cl)c2ccc(O)cc12. The number of hydrogen-bond acceptors (Lipinski definition) is 2. The molecule has 8 heteroatoms. The molecule has 31 heavy (non-hydrogen) atoms. The summed E-state index contributed by atoms with van der Waals surface area (Å²) in [6, 6.07) is 17.0. The normalized spacial score (nSPS) is 10.8. The van der Waals surface area contributed by atoms with Crippen molar-refractivity contribution in [1.29, 1.82) is 0 Å². The van der Waals surface area contributed by atoms with Gasteiger partial charge in [0.25, 0.3) is 0 Å². The summed E-state index contributed by atoms with van der Waals surface area (Å²) >= 11 is 18.2. The molecule has 4 rings (SSSR count). The number of anilines is 2. The molecule has 0 fully saturated rings. The largest absolute Gasteiger partial charge is 0.508 e. The molecule has 0 aliphatic rings. The molecule has 0 radical (unpaired) electrons. The van der Waals surface area contributed by atoms with E-state index in [1.165, 1.54) is 30.3 Å². The highest BCUT2D eigenvalue weighted by molar-refractivity contribution is 6.41. The minimum atomic E-state index is -0.548. The summed E-state index contributed by atoms with van der Waals surface area (Å²) in [6.07, 6.45) is 0. The number of fused-ring (bicyclic) bond motifs is 1. The second-order valence-electron chi connectivity index (χ2n) is 6.73. The predicted molar refractivity (Wildman–Crippen MR) is 125 cm³/mol. The lowest BCUT2D eigenvalue weighted by atomic mass is 10.1. The topological polar surface area (TPSA) is 61.4 Å². The number of amides is 2.